The molecule has 1 rings (SSSR count). The Bertz CT molecular complexity index is 354. The van der Waals surface area contributed by atoms with Gasteiger partial charge in [0.1, 0.15) is 0 Å². The summed E-state index contributed by atoms with van der Waals surface area (Å²) in [5.74, 6) is 2.82. The van der Waals surface area contributed by atoms with Crippen molar-refractivity contribution in [1.82, 2.24) is 9.55 Å². The highest BCUT2D eigenvalue weighted by Crippen LogP contribution is 2.11. The summed E-state index contributed by atoms with van der Waals surface area (Å²) >= 11 is 1.89. The Hall–Kier alpha value is -0.680. The minimum absolute atomic E-state index is 0.656. The summed E-state index contributed by atoms with van der Waals surface area (Å²) in [6.07, 6.45) is 5.28. The molecule has 0 saturated heterocycles. The molecule has 0 aliphatic carbocycles. The van der Waals surface area contributed by atoms with Crippen LogP contribution in [0.5, 0.6) is 0 Å². The zero-order valence-electron chi connectivity index (χ0n) is 12.6. The van der Waals surface area contributed by atoms with E-state index in [9.17, 15) is 0 Å². The Kier molecular flexibility index (Phi) is 7.98. The molecule has 19 heavy (non-hydrogen) atoms. The predicted molar refractivity (Wildman–Crippen MR) is 84.1 cm³/mol. The van der Waals surface area contributed by atoms with Gasteiger partial charge in [-0.05, 0) is 38.2 Å². The summed E-state index contributed by atoms with van der Waals surface area (Å²) < 4.78 is 7.57. The molecule has 1 unspecified atom stereocenters. The van der Waals surface area contributed by atoms with Gasteiger partial charge >= 0.3 is 0 Å². The molecule has 0 radical (unpaired) electrons. The molecule has 0 aliphatic heterocycles. The lowest BCUT2D eigenvalue weighted by molar-refractivity contribution is 0.142. The van der Waals surface area contributed by atoms with E-state index >= 15 is 0 Å². The Morgan fingerprint density at radius 1 is 1.53 bits per heavy atom. The van der Waals surface area contributed by atoms with Crippen LogP contribution in [0.1, 0.15) is 26.0 Å². The molecule has 4 nitrogen and oxygen atoms in total. The third-order valence-corrected chi connectivity index (χ3v) is 3.75. The molecule has 1 aromatic rings. The maximum atomic E-state index is 5.38. The van der Waals surface area contributed by atoms with Gasteiger partial charge in [-0.25, -0.2) is 4.98 Å². The second-order valence-electron chi connectivity index (χ2n) is 4.89. The first-order valence-corrected chi connectivity index (χ1v) is 8.41. The van der Waals surface area contributed by atoms with Crippen LogP contribution in [0.2, 0.25) is 0 Å². The van der Waals surface area contributed by atoms with Crippen LogP contribution in [0.25, 0.3) is 0 Å². The summed E-state index contributed by atoms with van der Waals surface area (Å²) in [6, 6.07) is 0. The topological polar surface area (TPSA) is 39.1 Å². The van der Waals surface area contributed by atoms with Gasteiger partial charge in [-0.2, -0.15) is 11.8 Å². The van der Waals surface area contributed by atoms with Crippen LogP contribution in [0.3, 0.4) is 0 Å². The highest BCUT2D eigenvalue weighted by atomic mass is 32.2. The van der Waals surface area contributed by atoms with Crippen molar-refractivity contribution in [2.24, 2.45) is 5.92 Å². The highest BCUT2D eigenvalue weighted by molar-refractivity contribution is 7.98. The van der Waals surface area contributed by atoms with Gasteiger partial charge in [-0.1, -0.05) is 6.92 Å². The molecule has 1 atom stereocenters. The fourth-order valence-corrected chi connectivity index (χ4v) is 2.64. The Balaban J connectivity index is 2.43. The van der Waals surface area contributed by atoms with E-state index in [1.807, 2.05) is 25.6 Å². The maximum absolute atomic E-state index is 5.38. The van der Waals surface area contributed by atoms with E-state index in [1.165, 1.54) is 5.75 Å². The summed E-state index contributed by atoms with van der Waals surface area (Å²) in [5, 5.41) is 3.46. The molecule has 1 N–H and O–H groups in total. The lowest BCUT2D eigenvalue weighted by Crippen LogP contribution is -2.16. The van der Waals surface area contributed by atoms with Crippen molar-refractivity contribution < 1.29 is 4.74 Å². The van der Waals surface area contributed by atoms with E-state index in [0.717, 1.165) is 44.4 Å². The molecule has 110 valence electrons. The van der Waals surface area contributed by atoms with Crippen molar-refractivity contribution in [1.29, 1.82) is 0 Å². The largest absolute Gasteiger partial charge is 0.382 e. The second-order valence-corrected chi connectivity index (χ2v) is 5.80. The van der Waals surface area contributed by atoms with Crippen molar-refractivity contribution in [2.75, 3.05) is 37.1 Å². The van der Waals surface area contributed by atoms with Gasteiger partial charge in [0.2, 0.25) is 5.95 Å². The van der Waals surface area contributed by atoms with Crippen LogP contribution in [-0.2, 0) is 11.3 Å². The highest BCUT2D eigenvalue weighted by Gasteiger charge is 2.07. The fourth-order valence-electron chi connectivity index (χ4n) is 1.95. The normalized spacial score (nSPS) is 12.6. The van der Waals surface area contributed by atoms with Crippen LogP contribution in [0, 0.1) is 12.8 Å². The molecule has 0 saturated carbocycles. The average molecular weight is 285 g/mol. The van der Waals surface area contributed by atoms with Crippen molar-refractivity contribution in [2.45, 2.75) is 33.7 Å². The quantitative estimate of drug-likeness (QED) is 0.671. The average Bonchev–Trinajstić information content (AvgIpc) is 2.73. The van der Waals surface area contributed by atoms with Gasteiger partial charge in [0.15, 0.2) is 0 Å². The number of nitrogens with one attached hydrogen (secondary N) is 1. The summed E-state index contributed by atoms with van der Waals surface area (Å²) in [7, 11) is 0. The minimum atomic E-state index is 0.656. The third kappa shape index (κ3) is 6.34. The standard InChI is InChI=1S/C14H27N3OS/c1-5-18-8-6-7-17-10-13(3)16-14(17)15-9-12(2)11-19-4/h10,12H,5-9,11H2,1-4H3,(H,15,16). The molecular weight excluding hydrogens is 258 g/mol. The van der Waals surface area contributed by atoms with Crippen LogP contribution in [-0.4, -0.2) is 41.3 Å². The van der Waals surface area contributed by atoms with Gasteiger partial charge in [0, 0.05) is 32.5 Å². The summed E-state index contributed by atoms with van der Waals surface area (Å²) in [6.45, 7) is 9.87. The molecule has 0 amide bonds. The van der Waals surface area contributed by atoms with Crippen molar-refractivity contribution >= 4 is 17.7 Å². The summed E-state index contributed by atoms with van der Waals surface area (Å²) in [4.78, 5) is 4.55. The monoisotopic (exact) mass is 285 g/mol. The number of nitrogens with zero attached hydrogens (tertiary/aromatic N) is 2. The fraction of sp³-hybridized carbons (Fsp3) is 0.786. The van der Waals surface area contributed by atoms with Gasteiger partial charge in [0.25, 0.3) is 0 Å². The molecule has 0 aliphatic rings. The Morgan fingerprint density at radius 2 is 2.32 bits per heavy atom. The molecule has 0 aromatic carbocycles. The van der Waals surface area contributed by atoms with E-state index in [1.54, 1.807) is 0 Å². The second kappa shape index (κ2) is 9.26. The van der Waals surface area contributed by atoms with Gasteiger partial charge < -0.3 is 14.6 Å². The number of imidazole rings is 1. The zero-order valence-corrected chi connectivity index (χ0v) is 13.4. The molecular formula is C14H27N3OS. The Morgan fingerprint density at radius 3 is 3.00 bits per heavy atom. The van der Waals surface area contributed by atoms with Crippen molar-refractivity contribution in [3.05, 3.63) is 11.9 Å². The van der Waals surface area contributed by atoms with Gasteiger partial charge in [-0.15, -0.1) is 0 Å². The SMILES string of the molecule is CCOCCCn1cc(C)nc1NCC(C)CSC. The minimum Gasteiger partial charge on any atom is -0.382 e. The molecule has 1 aromatic heterocycles. The number of anilines is 1. The molecule has 0 fully saturated rings. The van der Waals surface area contributed by atoms with Gasteiger partial charge in [0.05, 0.1) is 5.69 Å². The van der Waals surface area contributed by atoms with Crippen LogP contribution >= 0.6 is 11.8 Å². The van der Waals surface area contributed by atoms with E-state index in [0.29, 0.717) is 5.92 Å². The first-order valence-electron chi connectivity index (χ1n) is 7.01. The Labute approximate surface area is 121 Å². The number of hydrogen-bond acceptors (Lipinski definition) is 4. The van der Waals surface area contributed by atoms with Gasteiger partial charge in [-0.3, -0.25) is 0 Å². The lowest BCUT2D eigenvalue weighted by Gasteiger charge is -2.13. The van der Waals surface area contributed by atoms with E-state index in [-0.39, 0.29) is 0 Å². The van der Waals surface area contributed by atoms with Crippen LogP contribution in [0.15, 0.2) is 6.20 Å². The zero-order chi connectivity index (χ0) is 14.1. The van der Waals surface area contributed by atoms with E-state index in [4.69, 9.17) is 4.74 Å². The van der Waals surface area contributed by atoms with Crippen LogP contribution < -0.4 is 5.32 Å². The smallest absolute Gasteiger partial charge is 0.203 e. The molecule has 5 heteroatoms. The third-order valence-electron chi connectivity index (χ3n) is 2.85. The van der Waals surface area contributed by atoms with E-state index in [2.05, 4.69) is 34.2 Å². The van der Waals surface area contributed by atoms with E-state index < -0.39 is 0 Å². The predicted octanol–water partition coefficient (Wildman–Crippen LogP) is 3.03. The maximum Gasteiger partial charge on any atom is 0.203 e. The van der Waals surface area contributed by atoms with Crippen molar-refractivity contribution in [3.63, 3.8) is 0 Å². The number of thioether (sulfide) groups is 1. The molecule has 1 heterocycles. The molecule has 0 spiro atoms. The number of ether oxygens (including phenoxy) is 1. The lowest BCUT2D eigenvalue weighted by atomic mass is 10.2. The van der Waals surface area contributed by atoms with Crippen LogP contribution in [0.4, 0.5) is 5.95 Å². The number of hydrogen-bond donors (Lipinski definition) is 1. The number of rotatable bonds is 10. The number of aromatic nitrogens is 2. The number of aryl methyl sites for hydroxylation is 2. The van der Waals surface area contributed by atoms with Crippen molar-refractivity contribution in [3.8, 4) is 0 Å². The first-order chi connectivity index (χ1) is 9.17. The summed E-state index contributed by atoms with van der Waals surface area (Å²) in [5.41, 5.74) is 1.07. The first kappa shape index (κ1) is 16.4. The molecule has 0 bridgehead atoms.